The van der Waals surface area contributed by atoms with Gasteiger partial charge in [-0.25, -0.2) is 0 Å². The Bertz CT molecular complexity index is 526. The molecule has 0 bridgehead atoms. The summed E-state index contributed by atoms with van der Waals surface area (Å²) in [5.74, 6) is 1.69. The summed E-state index contributed by atoms with van der Waals surface area (Å²) in [6.45, 7) is 2.13. The Kier molecular flexibility index (Phi) is 5.12. The van der Waals surface area contributed by atoms with Gasteiger partial charge in [-0.15, -0.1) is 0 Å². The number of benzene rings is 1. The van der Waals surface area contributed by atoms with Crippen molar-refractivity contribution in [3.8, 4) is 11.5 Å². The highest BCUT2D eigenvalue weighted by Gasteiger charge is 2.33. The van der Waals surface area contributed by atoms with Crippen LogP contribution in [0.25, 0.3) is 0 Å². The van der Waals surface area contributed by atoms with Crippen molar-refractivity contribution >= 4 is 0 Å². The van der Waals surface area contributed by atoms with Crippen LogP contribution in [-0.2, 0) is 5.54 Å². The van der Waals surface area contributed by atoms with E-state index in [4.69, 9.17) is 15.2 Å². The Labute approximate surface area is 139 Å². The van der Waals surface area contributed by atoms with Gasteiger partial charge in [0.05, 0.1) is 7.11 Å². The fourth-order valence-electron chi connectivity index (χ4n) is 4.06. The molecule has 0 amide bonds. The van der Waals surface area contributed by atoms with Gasteiger partial charge in [-0.05, 0) is 45.3 Å². The van der Waals surface area contributed by atoms with Gasteiger partial charge in [0.1, 0.15) is 6.10 Å². The zero-order chi connectivity index (χ0) is 16.3. The zero-order valence-electron chi connectivity index (χ0n) is 14.5. The van der Waals surface area contributed by atoms with Crippen molar-refractivity contribution in [1.82, 2.24) is 4.90 Å². The van der Waals surface area contributed by atoms with E-state index in [1.165, 1.54) is 25.7 Å². The second-order valence-electron chi connectivity index (χ2n) is 7.20. The Morgan fingerprint density at radius 1 is 1.17 bits per heavy atom. The number of likely N-dealkylation sites (N-methyl/N-ethyl adjacent to an activating group) is 1. The molecule has 1 aromatic rings. The van der Waals surface area contributed by atoms with Gasteiger partial charge < -0.3 is 20.1 Å². The van der Waals surface area contributed by atoms with Crippen LogP contribution in [0.5, 0.6) is 11.5 Å². The molecule has 23 heavy (non-hydrogen) atoms. The van der Waals surface area contributed by atoms with Gasteiger partial charge in [0.15, 0.2) is 11.5 Å². The average Bonchev–Trinajstić information content (AvgIpc) is 2.55. The molecule has 128 valence electrons. The van der Waals surface area contributed by atoms with E-state index < -0.39 is 0 Å². The Balaban J connectivity index is 1.84. The number of hydrogen-bond acceptors (Lipinski definition) is 4. The summed E-state index contributed by atoms with van der Waals surface area (Å²) in [5, 5.41) is 0. The molecule has 1 saturated heterocycles. The molecular weight excluding hydrogens is 288 g/mol. The van der Waals surface area contributed by atoms with E-state index in [0.717, 1.165) is 49.4 Å². The first kappa shape index (κ1) is 16.6. The molecule has 1 aromatic carbocycles. The molecule has 1 unspecified atom stereocenters. The number of nitrogens with two attached hydrogens (primary N) is 1. The largest absolute Gasteiger partial charge is 0.493 e. The molecule has 1 saturated carbocycles. The maximum absolute atomic E-state index is 6.74. The van der Waals surface area contributed by atoms with Crippen molar-refractivity contribution in [2.24, 2.45) is 5.73 Å². The Hall–Kier alpha value is -1.26. The van der Waals surface area contributed by atoms with Crippen LogP contribution in [0, 0.1) is 0 Å². The van der Waals surface area contributed by atoms with Gasteiger partial charge in [0.2, 0.25) is 0 Å². The fraction of sp³-hybridized carbons (Fsp3) is 0.684. The van der Waals surface area contributed by atoms with Crippen LogP contribution in [-0.4, -0.2) is 38.3 Å². The van der Waals surface area contributed by atoms with Crippen LogP contribution in [0.1, 0.15) is 50.5 Å². The van der Waals surface area contributed by atoms with Crippen molar-refractivity contribution < 1.29 is 9.47 Å². The minimum absolute atomic E-state index is 0.234. The lowest BCUT2D eigenvalue weighted by Gasteiger charge is -2.36. The maximum atomic E-state index is 6.74. The zero-order valence-corrected chi connectivity index (χ0v) is 14.5. The molecule has 1 heterocycles. The van der Waals surface area contributed by atoms with E-state index in [-0.39, 0.29) is 11.6 Å². The van der Waals surface area contributed by atoms with Crippen LogP contribution in [0.15, 0.2) is 18.2 Å². The van der Waals surface area contributed by atoms with E-state index in [9.17, 15) is 0 Å². The minimum atomic E-state index is -0.272. The highest BCUT2D eigenvalue weighted by atomic mass is 16.5. The lowest BCUT2D eigenvalue weighted by atomic mass is 9.77. The Morgan fingerprint density at radius 3 is 2.65 bits per heavy atom. The average molecular weight is 318 g/mol. The molecule has 3 rings (SSSR count). The summed E-state index contributed by atoms with van der Waals surface area (Å²) in [6.07, 6.45) is 8.24. The summed E-state index contributed by atoms with van der Waals surface area (Å²) >= 11 is 0. The van der Waals surface area contributed by atoms with Gasteiger partial charge in [-0.1, -0.05) is 31.4 Å². The minimum Gasteiger partial charge on any atom is -0.493 e. The second-order valence-corrected chi connectivity index (χ2v) is 7.20. The van der Waals surface area contributed by atoms with Crippen LogP contribution in [0.4, 0.5) is 0 Å². The first-order valence-electron chi connectivity index (χ1n) is 8.94. The number of nitrogens with zero attached hydrogens (tertiary/aromatic N) is 1. The van der Waals surface area contributed by atoms with Gasteiger partial charge in [-0.3, -0.25) is 0 Å². The SMILES string of the molecule is COc1c(OC2CCCN(C)C2)cccc1C1(N)CCCCC1. The van der Waals surface area contributed by atoms with Gasteiger partial charge in [-0.2, -0.15) is 0 Å². The van der Waals surface area contributed by atoms with E-state index in [1.807, 2.05) is 6.07 Å². The molecule has 4 heteroatoms. The molecule has 2 N–H and O–H groups in total. The van der Waals surface area contributed by atoms with Crippen LogP contribution in [0.2, 0.25) is 0 Å². The summed E-state index contributed by atoms with van der Waals surface area (Å²) < 4.78 is 12.0. The predicted molar refractivity (Wildman–Crippen MR) is 93.1 cm³/mol. The van der Waals surface area contributed by atoms with Crippen molar-refractivity contribution in [3.63, 3.8) is 0 Å². The molecule has 0 aromatic heterocycles. The third-order valence-corrected chi connectivity index (χ3v) is 5.34. The molecular formula is C19H30N2O2. The number of methoxy groups -OCH3 is 1. The molecule has 1 atom stereocenters. The van der Waals surface area contributed by atoms with Crippen LogP contribution >= 0.6 is 0 Å². The molecule has 2 fully saturated rings. The van der Waals surface area contributed by atoms with E-state index >= 15 is 0 Å². The first-order chi connectivity index (χ1) is 11.1. The van der Waals surface area contributed by atoms with Crippen molar-refractivity contribution in [3.05, 3.63) is 23.8 Å². The molecule has 1 aliphatic carbocycles. The van der Waals surface area contributed by atoms with Crippen LogP contribution in [0.3, 0.4) is 0 Å². The normalized spacial score (nSPS) is 25.1. The van der Waals surface area contributed by atoms with Crippen molar-refractivity contribution in [1.29, 1.82) is 0 Å². The third-order valence-electron chi connectivity index (χ3n) is 5.34. The third kappa shape index (κ3) is 3.64. The molecule has 0 radical (unpaired) electrons. The predicted octanol–water partition coefficient (Wildman–Crippen LogP) is 3.29. The summed E-state index contributed by atoms with van der Waals surface area (Å²) in [5.41, 5.74) is 7.58. The number of ether oxygens (including phenoxy) is 2. The van der Waals surface area contributed by atoms with Crippen LogP contribution < -0.4 is 15.2 Å². The number of likely N-dealkylation sites (tertiary alicyclic amines) is 1. The standard InChI is InChI=1S/C19H30N2O2/c1-21-13-7-8-15(14-21)23-17-10-6-9-16(18(17)22-2)19(20)11-4-3-5-12-19/h6,9-10,15H,3-5,7-8,11-14,20H2,1-2H3. The van der Waals surface area contributed by atoms with Gasteiger partial charge >= 0.3 is 0 Å². The maximum Gasteiger partial charge on any atom is 0.165 e. The van der Waals surface area contributed by atoms with E-state index in [0.29, 0.717) is 0 Å². The second kappa shape index (κ2) is 7.10. The molecule has 1 aliphatic heterocycles. The summed E-state index contributed by atoms with van der Waals surface area (Å²) in [4.78, 5) is 2.33. The number of rotatable bonds is 4. The number of hydrogen-bond donors (Lipinski definition) is 1. The lowest BCUT2D eigenvalue weighted by Crippen LogP contribution is -2.40. The van der Waals surface area contributed by atoms with E-state index in [2.05, 4.69) is 24.1 Å². The summed E-state index contributed by atoms with van der Waals surface area (Å²) in [6, 6.07) is 6.19. The quantitative estimate of drug-likeness (QED) is 0.925. The Morgan fingerprint density at radius 2 is 1.96 bits per heavy atom. The molecule has 0 spiro atoms. The lowest BCUT2D eigenvalue weighted by molar-refractivity contribution is 0.101. The summed E-state index contributed by atoms with van der Waals surface area (Å²) in [7, 11) is 3.88. The molecule has 2 aliphatic rings. The highest BCUT2D eigenvalue weighted by molar-refractivity contribution is 5.50. The first-order valence-corrected chi connectivity index (χ1v) is 8.94. The smallest absolute Gasteiger partial charge is 0.165 e. The van der Waals surface area contributed by atoms with Crippen molar-refractivity contribution in [2.45, 2.75) is 56.6 Å². The van der Waals surface area contributed by atoms with Crippen molar-refractivity contribution in [2.75, 3.05) is 27.2 Å². The van der Waals surface area contributed by atoms with E-state index in [1.54, 1.807) is 7.11 Å². The van der Waals surface area contributed by atoms with Gasteiger partial charge in [0.25, 0.3) is 0 Å². The number of piperidine rings is 1. The fourth-order valence-corrected chi connectivity index (χ4v) is 4.06. The molecule has 4 nitrogen and oxygen atoms in total. The number of para-hydroxylation sites is 1. The highest BCUT2D eigenvalue weighted by Crippen LogP contribution is 2.43. The monoisotopic (exact) mass is 318 g/mol. The topological polar surface area (TPSA) is 47.7 Å². The van der Waals surface area contributed by atoms with Gasteiger partial charge in [0, 0.05) is 17.6 Å².